The number of hydrogen-bond acceptors (Lipinski definition) is 2. The van der Waals surface area contributed by atoms with Crippen molar-refractivity contribution in [1.29, 1.82) is 0 Å². The first-order chi connectivity index (χ1) is 7.78. The second-order valence-corrected chi connectivity index (χ2v) is 4.39. The molecule has 0 spiro atoms. The second kappa shape index (κ2) is 5.09. The van der Waals surface area contributed by atoms with Crippen molar-refractivity contribution in [1.82, 2.24) is 5.48 Å². The molecule has 0 saturated heterocycles. The number of nitrogens with one attached hydrogen (secondary N) is 2. The SMILES string of the molecule is CC(C)(C)ONC(=O)Nc1ccc(F)cc1F. The molecule has 0 fully saturated rings. The number of benzene rings is 1. The lowest BCUT2D eigenvalue weighted by molar-refractivity contribution is -0.0505. The van der Waals surface area contributed by atoms with Crippen LogP contribution in [-0.4, -0.2) is 11.6 Å². The Morgan fingerprint density at radius 3 is 2.47 bits per heavy atom. The van der Waals surface area contributed by atoms with Crippen LogP contribution in [0.5, 0.6) is 0 Å². The summed E-state index contributed by atoms with van der Waals surface area (Å²) in [6, 6.07) is 2.12. The fourth-order valence-electron chi connectivity index (χ4n) is 0.938. The summed E-state index contributed by atoms with van der Waals surface area (Å²) in [6.45, 7) is 5.23. The summed E-state index contributed by atoms with van der Waals surface area (Å²) in [5.74, 6) is -1.56. The maximum absolute atomic E-state index is 13.2. The molecule has 17 heavy (non-hydrogen) atoms. The van der Waals surface area contributed by atoms with E-state index in [1.54, 1.807) is 20.8 Å². The van der Waals surface area contributed by atoms with E-state index >= 15 is 0 Å². The standard InChI is InChI=1S/C11H14F2N2O2/c1-11(2,3)17-15-10(16)14-9-5-4-7(12)6-8(9)13/h4-6H,1-3H3,(H2,14,15,16). The van der Waals surface area contributed by atoms with Gasteiger partial charge in [-0.25, -0.2) is 19.1 Å². The topological polar surface area (TPSA) is 50.4 Å². The van der Waals surface area contributed by atoms with Crippen molar-refractivity contribution in [3.05, 3.63) is 29.8 Å². The lowest BCUT2D eigenvalue weighted by Gasteiger charge is -2.19. The molecule has 0 aromatic heterocycles. The van der Waals surface area contributed by atoms with Crippen molar-refractivity contribution in [2.24, 2.45) is 0 Å². The summed E-state index contributed by atoms with van der Waals surface area (Å²) in [7, 11) is 0. The highest BCUT2D eigenvalue weighted by atomic mass is 19.1. The molecule has 2 amide bonds. The van der Waals surface area contributed by atoms with E-state index in [2.05, 4.69) is 10.8 Å². The molecule has 0 aliphatic carbocycles. The minimum Gasteiger partial charge on any atom is -0.303 e. The van der Waals surface area contributed by atoms with Crippen molar-refractivity contribution in [2.75, 3.05) is 5.32 Å². The summed E-state index contributed by atoms with van der Waals surface area (Å²) in [5.41, 5.74) is 1.42. The second-order valence-electron chi connectivity index (χ2n) is 4.39. The third kappa shape index (κ3) is 4.78. The molecule has 94 valence electrons. The highest BCUT2D eigenvalue weighted by molar-refractivity contribution is 5.88. The van der Waals surface area contributed by atoms with Crippen LogP contribution in [0.1, 0.15) is 20.8 Å². The number of anilines is 1. The molecule has 0 aliphatic heterocycles. The van der Waals surface area contributed by atoms with Gasteiger partial charge in [0.1, 0.15) is 11.6 Å². The Morgan fingerprint density at radius 1 is 1.29 bits per heavy atom. The van der Waals surface area contributed by atoms with E-state index < -0.39 is 23.3 Å². The van der Waals surface area contributed by atoms with Gasteiger partial charge in [0, 0.05) is 6.07 Å². The number of carbonyl (C=O) groups excluding carboxylic acids is 1. The van der Waals surface area contributed by atoms with Gasteiger partial charge in [-0.05, 0) is 32.9 Å². The van der Waals surface area contributed by atoms with E-state index in [-0.39, 0.29) is 5.69 Å². The Kier molecular flexibility index (Phi) is 4.01. The van der Waals surface area contributed by atoms with Crippen LogP contribution in [0.25, 0.3) is 0 Å². The molecule has 0 atom stereocenters. The van der Waals surface area contributed by atoms with Crippen LogP contribution in [0.15, 0.2) is 18.2 Å². The molecule has 2 N–H and O–H groups in total. The van der Waals surface area contributed by atoms with Crippen molar-refractivity contribution in [3.8, 4) is 0 Å². The number of halogens is 2. The number of hydroxylamine groups is 1. The van der Waals surface area contributed by atoms with Gasteiger partial charge >= 0.3 is 6.03 Å². The zero-order chi connectivity index (χ0) is 13.1. The largest absolute Gasteiger partial charge is 0.343 e. The highest BCUT2D eigenvalue weighted by Gasteiger charge is 2.13. The first-order valence-electron chi connectivity index (χ1n) is 4.98. The summed E-state index contributed by atoms with van der Waals surface area (Å²) in [4.78, 5) is 16.3. The molecule has 6 heteroatoms. The lowest BCUT2D eigenvalue weighted by Crippen LogP contribution is -2.36. The zero-order valence-corrected chi connectivity index (χ0v) is 9.80. The van der Waals surface area contributed by atoms with Gasteiger partial charge < -0.3 is 5.32 Å². The Bertz CT molecular complexity index is 416. The van der Waals surface area contributed by atoms with Crippen LogP contribution in [0, 0.1) is 11.6 Å². The average Bonchev–Trinajstić information content (AvgIpc) is 2.18. The molecule has 4 nitrogen and oxygen atoms in total. The predicted molar refractivity (Wildman–Crippen MR) is 59.4 cm³/mol. The van der Waals surface area contributed by atoms with Crippen LogP contribution < -0.4 is 10.8 Å². The fraction of sp³-hybridized carbons (Fsp3) is 0.364. The maximum atomic E-state index is 13.2. The van der Waals surface area contributed by atoms with Gasteiger partial charge in [0.25, 0.3) is 0 Å². The fourth-order valence-corrected chi connectivity index (χ4v) is 0.938. The van der Waals surface area contributed by atoms with Gasteiger partial charge in [-0.2, -0.15) is 0 Å². The van der Waals surface area contributed by atoms with Gasteiger partial charge in [-0.1, -0.05) is 0 Å². The number of hydrogen-bond donors (Lipinski definition) is 2. The van der Waals surface area contributed by atoms with Gasteiger partial charge in [0.15, 0.2) is 0 Å². The third-order valence-corrected chi connectivity index (χ3v) is 1.63. The Balaban J connectivity index is 2.57. The normalized spacial score (nSPS) is 11.1. The van der Waals surface area contributed by atoms with Crippen molar-refractivity contribution >= 4 is 11.7 Å². The average molecular weight is 244 g/mol. The number of urea groups is 1. The monoisotopic (exact) mass is 244 g/mol. The quantitative estimate of drug-likeness (QED) is 0.786. The molecule has 1 aromatic carbocycles. The minimum absolute atomic E-state index is 0.124. The summed E-state index contributed by atoms with van der Waals surface area (Å²) >= 11 is 0. The third-order valence-electron chi connectivity index (χ3n) is 1.63. The van der Waals surface area contributed by atoms with Crippen LogP contribution in [-0.2, 0) is 4.84 Å². The Morgan fingerprint density at radius 2 is 1.94 bits per heavy atom. The molecular formula is C11H14F2N2O2. The van der Waals surface area contributed by atoms with Gasteiger partial charge in [0.2, 0.25) is 0 Å². The molecular weight excluding hydrogens is 230 g/mol. The number of amides is 2. The first-order valence-corrected chi connectivity index (χ1v) is 4.98. The van der Waals surface area contributed by atoms with E-state index in [0.717, 1.165) is 12.1 Å². The van der Waals surface area contributed by atoms with Crippen molar-refractivity contribution in [2.45, 2.75) is 26.4 Å². The predicted octanol–water partition coefficient (Wildman–Crippen LogP) is 2.82. The number of carbonyl (C=O) groups is 1. The maximum Gasteiger partial charge on any atom is 0.343 e. The molecule has 0 bridgehead atoms. The highest BCUT2D eigenvalue weighted by Crippen LogP contribution is 2.14. The zero-order valence-electron chi connectivity index (χ0n) is 9.80. The van der Waals surface area contributed by atoms with Crippen LogP contribution in [0.4, 0.5) is 19.3 Å². The molecule has 0 saturated carbocycles. The van der Waals surface area contributed by atoms with Gasteiger partial charge in [-0.3, -0.25) is 4.84 Å². The lowest BCUT2D eigenvalue weighted by atomic mass is 10.2. The summed E-state index contributed by atoms with van der Waals surface area (Å²) < 4.78 is 25.8. The minimum atomic E-state index is -0.851. The Hall–Kier alpha value is -1.69. The molecule has 0 radical (unpaired) electrons. The van der Waals surface area contributed by atoms with E-state index in [1.807, 2.05) is 0 Å². The molecule has 0 aliphatic rings. The molecule has 0 heterocycles. The summed E-state index contributed by atoms with van der Waals surface area (Å²) in [5, 5.41) is 2.19. The van der Waals surface area contributed by atoms with E-state index in [4.69, 9.17) is 4.84 Å². The van der Waals surface area contributed by atoms with Crippen molar-refractivity contribution < 1.29 is 18.4 Å². The molecule has 0 unspecified atom stereocenters. The summed E-state index contributed by atoms with van der Waals surface area (Å²) in [6.07, 6.45) is 0. The smallest absolute Gasteiger partial charge is 0.303 e. The van der Waals surface area contributed by atoms with Gasteiger partial charge in [-0.15, -0.1) is 0 Å². The molecule has 1 rings (SSSR count). The molecule has 1 aromatic rings. The first kappa shape index (κ1) is 13.4. The van der Waals surface area contributed by atoms with Crippen molar-refractivity contribution in [3.63, 3.8) is 0 Å². The van der Waals surface area contributed by atoms with Crippen LogP contribution >= 0.6 is 0 Å². The van der Waals surface area contributed by atoms with E-state index in [9.17, 15) is 13.6 Å². The van der Waals surface area contributed by atoms with E-state index in [1.165, 1.54) is 0 Å². The van der Waals surface area contributed by atoms with E-state index in [0.29, 0.717) is 6.07 Å². The number of rotatable bonds is 2. The van der Waals surface area contributed by atoms with Crippen LogP contribution in [0.3, 0.4) is 0 Å². The Labute approximate surface area is 97.9 Å². The van der Waals surface area contributed by atoms with Gasteiger partial charge in [0.05, 0.1) is 11.3 Å². The van der Waals surface area contributed by atoms with Crippen LogP contribution in [0.2, 0.25) is 0 Å².